The van der Waals surface area contributed by atoms with Gasteiger partial charge in [0.2, 0.25) is 0 Å². The Labute approximate surface area is 117 Å². The van der Waals surface area contributed by atoms with Crippen molar-refractivity contribution in [2.75, 3.05) is 17.8 Å². The average Bonchev–Trinajstić information content (AvgIpc) is 2.38. The van der Waals surface area contributed by atoms with Gasteiger partial charge in [0.05, 0.1) is 11.6 Å². The first kappa shape index (κ1) is 14.7. The van der Waals surface area contributed by atoms with Crippen molar-refractivity contribution in [1.29, 1.82) is 0 Å². The Morgan fingerprint density at radius 2 is 2.30 bits per heavy atom. The first-order chi connectivity index (χ1) is 9.38. The minimum atomic E-state index is -3.73. The number of nitrogens with one attached hydrogen (secondary N) is 1. The number of hydrogen-bond donors (Lipinski definition) is 2. The first-order valence-corrected chi connectivity index (χ1v) is 7.76. The number of carboxylic acids is 1. The molecule has 1 aromatic rings. The van der Waals surface area contributed by atoms with Gasteiger partial charge in [-0.15, -0.1) is 0 Å². The zero-order valence-corrected chi connectivity index (χ0v) is 11.9. The van der Waals surface area contributed by atoms with Crippen LogP contribution in [-0.2, 0) is 15.0 Å². The third kappa shape index (κ3) is 3.45. The van der Waals surface area contributed by atoms with Crippen molar-refractivity contribution in [2.24, 2.45) is 5.92 Å². The van der Waals surface area contributed by atoms with E-state index >= 15 is 0 Å². The van der Waals surface area contributed by atoms with E-state index in [0.29, 0.717) is 30.8 Å². The highest BCUT2D eigenvalue weighted by Gasteiger charge is 2.32. The molecule has 2 N–H and O–H groups in total. The van der Waals surface area contributed by atoms with Gasteiger partial charge in [-0.2, -0.15) is 12.7 Å². The van der Waals surface area contributed by atoms with Crippen LogP contribution in [0.3, 0.4) is 0 Å². The third-order valence-corrected chi connectivity index (χ3v) is 4.72. The Hall–Kier alpha value is -1.67. The van der Waals surface area contributed by atoms with Gasteiger partial charge in [-0.1, -0.05) is 0 Å². The van der Waals surface area contributed by atoms with Crippen molar-refractivity contribution >= 4 is 21.9 Å². The molecule has 1 saturated heterocycles. The number of aromatic nitrogens is 1. The predicted molar refractivity (Wildman–Crippen MR) is 73.4 cm³/mol. The molecule has 2 heterocycles. The van der Waals surface area contributed by atoms with Crippen molar-refractivity contribution < 1.29 is 18.3 Å². The van der Waals surface area contributed by atoms with Crippen LogP contribution in [-0.4, -0.2) is 41.9 Å². The van der Waals surface area contributed by atoms with Gasteiger partial charge in [-0.05, 0) is 31.9 Å². The van der Waals surface area contributed by atoms with Gasteiger partial charge in [0, 0.05) is 25.0 Å². The molecule has 0 aliphatic carbocycles. The number of aliphatic carboxylic acids is 1. The normalized spacial score (nSPS) is 20.6. The van der Waals surface area contributed by atoms with Crippen LogP contribution < -0.4 is 4.72 Å². The SMILES string of the molecule is Cc1cc(NS(=O)(=O)N2CCCC(C(=O)O)C2)ccn1. The third-order valence-electron chi connectivity index (χ3n) is 3.22. The number of piperidine rings is 1. The van der Waals surface area contributed by atoms with E-state index in [-0.39, 0.29) is 6.54 Å². The average molecular weight is 299 g/mol. The molecular formula is C12H17N3O4S. The van der Waals surface area contributed by atoms with E-state index in [1.54, 1.807) is 19.1 Å². The fourth-order valence-corrected chi connectivity index (χ4v) is 3.48. The fourth-order valence-electron chi connectivity index (χ4n) is 2.18. The largest absolute Gasteiger partial charge is 0.481 e. The van der Waals surface area contributed by atoms with Gasteiger partial charge in [-0.3, -0.25) is 14.5 Å². The molecule has 0 amide bonds. The number of carbonyl (C=O) groups is 1. The molecule has 0 bridgehead atoms. The minimum absolute atomic E-state index is 0.00866. The van der Waals surface area contributed by atoms with Crippen LogP contribution in [0.4, 0.5) is 5.69 Å². The van der Waals surface area contributed by atoms with E-state index in [2.05, 4.69) is 9.71 Å². The lowest BCUT2D eigenvalue weighted by molar-refractivity contribution is -0.142. The summed E-state index contributed by atoms with van der Waals surface area (Å²) in [4.78, 5) is 15.0. The molecule has 1 unspecified atom stereocenters. The minimum Gasteiger partial charge on any atom is -0.481 e. The van der Waals surface area contributed by atoms with E-state index in [1.807, 2.05) is 0 Å². The summed E-state index contributed by atoms with van der Waals surface area (Å²) < 4.78 is 28.1. The Morgan fingerprint density at radius 3 is 2.95 bits per heavy atom. The maximum Gasteiger partial charge on any atom is 0.307 e. The van der Waals surface area contributed by atoms with Crippen LogP contribution in [0.2, 0.25) is 0 Å². The summed E-state index contributed by atoms with van der Waals surface area (Å²) in [5.74, 6) is -1.59. The first-order valence-electron chi connectivity index (χ1n) is 6.32. The summed E-state index contributed by atoms with van der Waals surface area (Å²) in [6, 6.07) is 3.18. The lowest BCUT2D eigenvalue weighted by Gasteiger charge is -2.29. The summed E-state index contributed by atoms with van der Waals surface area (Å²) in [6.07, 6.45) is 2.58. The second-order valence-electron chi connectivity index (χ2n) is 4.83. The maximum atomic E-state index is 12.2. The van der Waals surface area contributed by atoms with Gasteiger partial charge in [0.15, 0.2) is 0 Å². The topological polar surface area (TPSA) is 99.6 Å². The van der Waals surface area contributed by atoms with E-state index in [9.17, 15) is 13.2 Å². The molecule has 7 nitrogen and oxygen atoms in total. The van der Waals surface area contributed by atoms with Gasteiger partial charge in [0.1, 0.15) is 0 Å². The predicted octanol–water partition coefficient (Wildman–Crippen LogP) is 0.843. The van der Waals surface area contributed by atoms with Crippen molar-refractivity contribution in [3.8, 4) is 0 Å². The van der Waals surface area contributed by atoms with E-state index in [0.717, 1.165) is 0 Å². The maximum absolute atomic E-state index is 12.2. The fraction of sp³-hybridized carbons (Fsp3) is 0.500. The molecule has 110 valence electrons. The van der Waals surface area contributed by atoms with Crippen LogP contribution in [0.1, 0.15) is 18.5 Å². The second kappa shape index (κ2) is 5.76. The van der Waals surface area contributed by atoms with Crippen LogP contribution in [0.5, 0.6) is 0 Å². The highest BCUT2D eigenvalue weighted by atomic mass is 32.2. The smallest absolute Gasteiger partial charge is 0.307 e. The molecule has 1 aliphatic rings. The molecule has 1 aromatic heterocycles. The number of aryl methyl sites for hydroxylation is 1. The Balaban J connectivity index is 2.12. The number of pyridine rings is 1. The van der Waals surface area contributed by atoms with Crippen LogP contribution in [0.15, 0.2) is 18.3 Å². The summed E-state index contributed by atoms with van der Waals surface area (Å²) in [6.45, 7) is 2.11. The molecule has 0 saturated carbocycles. The van der Waals surface area contributed by atoms with E-state index in [1.165, 1.54) is 10.5 Å². The molecule has 0 spiro atoms. The van der Waals surface area contributed by atoms with Crippen LogP contribution >= 0.6 is 0 Å². The molecule has 20 heavy (non-hydrogen) atoms. The van der Waals surface area contributed by atoms with E-state index < -0.39 is 22.1 Å². The number of carboxylic acid groups (broad SMARTS) is 1. The standard InChI is InChI=1S/C12H17N3O4S/c1-9-7-11(4-5-13-9)14-20(18,19)15-6-2-3-10(8-15)12(16)17/h4-5,7,10H,2-3,6,8H2,1H3,(H,13,14)(H,16,17). The van der Waals surface area contributed by atoms with Crippen molar-refractivity contribution in [1.82, 2.24) is 9.29 Å². The summed E-state index contributed by atoms with van der Waals surface area (Å²) in [7, 11) is -3.73. The Morgan fingerprint density at radius 1 is 1.55 bits per heavy atom. The Bertz CT molecular complexity index is 602. The number of nitrogens with zero attached hydrogens (tertiary/aromatic N) is 2. The van der Waals surface area contributed by atoms with Crippen LogP contribution in [0, 0.1) is 12.8 Å². The lowest BCUT2D eigenvalue weighted by Crippen LogP contribution is -2.44. The molecule has 1 fully saturated rings. The van der Waals surface area contributed by atoms with Gasteiger partial charge in [0.25, 0.3) is 0 Å². The number of hydrogen-bond acceptors (Lipinski definition) is 4. The van der Waals surface area contributed by atoms with Gasteiger partial charge in [-0.25, -0.2) is 0 Å². The molecule has 8 heteroatoms. The van der Waals surface area contributed by atoms with Gasteiger partial charge < -0.3 is 5.11 Å². The van der Waals surface area contributed by atoms with Gasteiger partial charge >= 0.3 is 16.2 Å². The number of anilines is 1. The zero-order chi connectivity index (χ0) is 14.8. The molecule has 1 aliphatic heterocycles. The summed E-state index contributed by atoms with van der Waals surface area (Å²) in [5.41, 5.74) is 1.13. The lowest BCUT2D eigenvalue weighted by atomic mass is 10.0. The highest BCUT2D eigenvalue weighted by molar-refractivity contribution is 7.90. The summed E-state index contributed by atoms with van der Waals surface area (Å²) in [5, 5.41) is 9.00. The molecular weight excluding hydrogens is 282 g/mol. The molecule has 2 rings (SSSR count). The second-order valence-corrected chi connectivity index (χ2v) is 6.50. The number of rotatable bonds is 4. The quantitative estimate of drug-likeness (QED) is 0.858. The molecule has 0 aromatic carbocycles. The van der Waals surface area contributed by atoms with Crippen molar-refractivity contribution in [3.05, 3.63) is 24.0 Å². The monoisotopic (exact) mass is 299 g/mol. The van der Waals surface area contributed by atoms with E-state index in [4.69, 9.17) is 5.11 Å². The summed E-state index contributed by atoms with van der Waals surface area (Å²) >= 11 is 0. The van der Waals surface area contributed by atoms with Crippen molar-refractivity contribution in [3.63, 3.8) is 0 Å². The molecule has 0 radical (unpaired) electrons. The highest BCUT2D eigenvalue weighted by Crippen LogP contribution is 2.21. The van der Waals surface area contributed by atoms with Crippen molar-refractivity contribution in [2.45, 2.75) is 19.8 Å². The zero-order valence-electron chi connectivity index (χ0n) is 11.1. The van der Waals surface area contributed by atoms with Crippen LogP contribution in [0.25, 0.3) is 0 Å². The molecule has 1 atom stereocenters. The Kier molecular flexibility index (Phi) is 4.24.